The number of hydrogen-bond acceptors (Lipinski definition) is 5. The van der Waals surface area contributed by atoms with Gasteiger partial charge in [0, 0.05) is 12.7 Å². The molecule has 0 amide bonds. The molecule has 1 N–H and O–H groups in total. The van der Waals surface area contributed by atoms with Crippen molar-refractivity contribution in [2.45, 2.75) is 27.3 Å². The van der Waals surface area contributed by atoms with Crippen LogP contribution in [0.5, 0.6) is 0 Å². The number of rotatable bonds is 5. The fourth-order valence-electron chi connectivity index (χ4n) is 1.86. The molecule has 0 radical (unpaired) electrons. The highest BCUT2D eigenvalue weighted by Gasteiger charge is 2.06. The molecular formula is C16H19N3O2. The van der Waals surface area contributed by atoms with Gasteiger partial charge in [0.15, 0.2) is 0 Å². The molecular weight excluding hydrogens is 266 g/mol. The van der Waals surface area contributed by atoms with Crippen LogP contribution < -0.4 is 5.32 Å². The molecule has 1 aromatic heterocycles. The largest absolute Gasteiger partial charge is 0.462 e. The first-order chi connectivity index (χ1) is 10.1. The number of nitrogens with one attached hydrogen (secondary N) is 1. The Balaban J connectivity index is 2.00. The summed E-state index contributed by atoms with van der Waals surface area (Å²) in [4.78, 5) is 20.2. The first kappa shape index (κ1) is 15.0. The lowest BCUT2D eigenvalue weighted by Crippen LogP contribution is -2.07. The standard InChI is InChI=1S/C16H19N3O2/c1-4-21-16(20)14-7-5-13(6-8-14)10-18-15-12(3)17-9-11(2)19-15/h5-9H,4,10H2,1-3H3,(H,18,19). The van der Waals surface area contributed by atoms with Crippen LogP contribution in [0.15, 0.2) is 30.5 Å². The summed E-state index contributed by atoms with van der Waals surface area (Å²) >= 11 is 0. The summed E-state index contributed by atoms with van der Waals surface area (Å²) in [5, 5.41) is 3.25. The topological polar surface area (TPSA) is 64.1 Å². The van der Waals surface area contributed by atoms with Crippen LogP contribution in [-0.2, 0) is 11.3 Å². The van der Waals surface area contributed by atoms with E-state index in [1.807, 2.05) is 26.0 Å². The molecule has 2 aromatic rings. The molecule has 21 heavy (non-hydrogen) atoms. The number of benzene rings is 1. The minimum Gasteiger partial charge on any atom is -0.462 e. The molecule has 1 heterocycles. The van der Waals surface area contributed by atoms with Crippen molar-refractivity contribution in [1.82, 2.24) is 9.97 Å². The number of nitrogens with zero attached hydrogens (tertiary/aromatic N) is 2. The van der Waals surface area contributed by atoms with E-state index < -0.39 is 0 Å². The van der Waals surface area contributed by atoms with Gasteiger partial charge < -0.3 is 10.1 Å². The van der Waals surface area contributed by atoms with Gasteiger partial charge in [-0.15, -0.1) is 0 Å². The predicted octanol–water partition coefficient (Wildman–Crippen LogP) is 2.88. The molecule has 0 aliphatic carbocycles. The van der Waals surface area contributed by atoms with E-state index in [1.165, 1.54) is 0 Å². The number of carbonyl (C=O) groups excluding carboxylic acids is 1. The van der Waals surface area contributed by atoms with Crippen molar-refractivity contribution in [2.75, 3.05) is 11.9 Å². The third-order valence-electron chi connectivity index (χ3n) is 3.00. The van der Waals surface area contributed by atoms with Crippen molar-refractivity contribution in [3.05, 3.63) is 53.0 Å². The van der Waals surface area contributed by atoms with Gasteiger partial charge in [-0.1, -0.05) is 12.1 Å². The quantitative estimate of drug-likeness (QED) is 0.856. The van der Waals surface area contributed by atoms with Gasteiger partial charge in [0.1, 0.15) is 5.82 Å². The molecule has 0 fully saturated rings. The van der Waals surface area contributed by atoms with Gasteiger partial charge in [0.2, 0.25) is 0 Å². The lowest BCUT2D eigenvalue weighted by Gasteiger charge is -2.09. The van der Waals surface area contributed by atoms with Crippen LogP contribution in [0.2, 0.25) is 0 Å². The van der Waals surface area contributed by atoms with Crippen molar-refractivity contribution in [3.63, 3.8) is 0 Å². The van der Waals surface area contributed by atoms with Gasteiger partial charge in [0.25, 0.3) is 0 Å². The van der Waals surface area contributed by atoms with E-state index in [1.54, 1.807) is 25.3 Å². The van der Waals surface area contributed by atoms with Crippen LogP contribution in [0.3, 0.4) is 0 Å². The van der Waals surface area contributed by atoms with Gasteiger partial charge in [-0.05, 0) is 38.5 Å². The Morgan fingerprint density at radius 1 is 1.24 bits per heavy atom. The van der Waals surface area contributed by atoms with Crippen molar-refractivity contribution in [1.29, 1.82) is 0 Å². The molecule has 0 aliphatic heterocycles. The molecule has 0 saturated heterocycles. The van der Waals surface area contributed by atoms with E-state index in [-0.39, 0.29) is 5.97 Å². The highest BCUT2D eigenvalue weighted by molar-refractivity contribution is 5.89. The van der Waals surface area contributed by atoms with Crippen molar-refractivity contribution in [3.8, 4) is 0 Å². The minimum atomic E-state index is -0.294. The van der Waals surface area contributed by atoms with Crippen LogP contribution in [0, 0.1) is 13.8 Å². The molecule has 2 rings (SSSR count). The summed E-state index contributed by atoms with van der Waals surface area (Å²) in [6.45, 7) is 6.63. The highest BCUT2D eigenvalue weighted by Crippen LogP contribution is 2.12. The molecule has 0 spiro atoms. The zero-order chi connectivity index (χ0) is 15.2. The molecule has 5 nitrogen and oxygen atoms in total. The summed E-state index contributed by atoms with van der Waals surface area (Å²) in [6, 6.07) is 7.34. The minimum absolute atomic E-state index is 0.294. The maximum atomic E-state index is 11.6. The summed E-state index contributed by atoms with van der Waals surface area (Å²) < 4.78 is 4.95. The monoisotopic (exact) mass is 285 g/mol. The van der Waals surface area contributed by atoms with Crippen LogP contribution in [0.1, 0.15) is 34.2 Å². The maximum absolute atomic E-state index is 11.6. The van der Waals surface area contributed by atoms with E-state index in [0.717, 1.165) is 22.8 Å². The Kier molecular flexibility index (Phi) is 4.87. The maximum Gasteiger partial charge on any atom is 0.338 e. The van der Waals surface area contributed by atoms with Gasteiger partial charge in [0.05, 0.1) is 23.6 Å². The van der Waals surface area contributed by atoms with E-state index in [0.29, 0.717) is 18.7 Å². The Bertz CT molecular complexity index is 624. The number of aromatic nitrogens is 2. The Morgan fingerprint density at radius 3 is 2.62 bits per heavy atom. The average molecular weight is 285 g/mol. The first-order valence-corrected chi connectivity index (χ1v) is 6.90. The number of anilines is 1. The fraction of sp³-hybridized carbons (Fsp3) is 0.312. The number of hydrogen-bond donors (Lipinski definition) is 1. The third kappa shape index (κ3) is 4.02. The van der Waals surface area contributed by atoms with Crippen molar-refractivity contribution >= 4 is 11.8 Å². The molecule has 1 aromatic carbocycles. The number of aryl methyl sites for hydroxylation is 2. The zero-order valence-electron chi connectivity index (χ0n) is 12.5. The fourth-order valence-corrected chi connectivity index (χ4v) is 1.86. The summed E-state index contributed by atoms with van der Waals surface area (Å²) in [7, 11) is 0. The number of esters is 1. The van der Waals surface area contributed by atoms with Gasteiger partial charge >= 0.3 is 5.97 Å². The highest BCUT2D eigenvalue weighted by atomic mass is 16.5. The molecule has 0 bridgehead atoms. The Morgan fingerprint density at radius 2 is 1.95 bits per heavy atom. The second kappa shape index (κ2) is 6.83. The van der Waals surface area contributed by atoms with Gasteiger partial charge in [-0.25, -0.2) is 9.78 Å². The van der Waals surface area contributed by atoms with Crippen LogP contribution in [0.4, 0.5) is 5.82 Å². The lowest BCUT2D eigenvalue weighted by molar-refractivity contribution is 0.0526. The first-order valence-electron chi connectivity index (χ1n) is 6.90. The summed E-state index contributed by atoms with van der Waals surface area (Å²) in [5.74, 6) is 0.488. The Hall–Kier alpha value is -2.43. The van der Waals surface area contributed by atoms with E-state index in [2.05, 4.69) is 15.3 Å². The molecule has 110 valence electrons. The van der Waals surface area contributed by atoms with E-state index in [4.69, 9.17) is 4.74 Å². The van der Waals surface area contributed by atoms with E-state index in [9.17, 15) is 4.79 Å². The summed E-state index contributed by atoms with van der Waals surface area (Å²) in [5.41, 5.74) is 3.36. The van der Waals surface area contributed by atoms with Gasteiger partial charge in [-0.3, -0.25) is 4.98 Å². The van der Waals surface area contributed by atoms with Crippen molar-refractivity contribution in [2.24, 2.45) is 0 Å². The molecule has 0 unspecified atom stereocenters. The molecule has 0 aliphatic rings. The normalized spacial score (nSPS) is 10.2. The third-order valence-corrected chi connectivity index (χ3v) is 3.00. The Labute approximate surface area is 124 Å². The van der Waals surface area contributed by atoms with Crippen molar-refractivity contribution < 1.29 is 9.53 Å². The molecule has 0 saturated carbocycles. The SMILES string of the molecule is CCOC(=O)c1ccc(CNc2nc(C)cnc2C)cc1. The molecule has 5 heteroatoms. The van der Waals surface area contributed by atoms with Crippen LogP contribution in [-0.4, -0.2) is 22.5 Å². The molecule has 0 atom stereocenters. The van der Waals surface area contributed by atoms with Crippen LogP contribution >= 0.6 is 0 Å². The second-order valence-corrected chi connectivity index (χ2v) is 4.72. The van der Waals surface area contributed by atoms with Crippen LogP contribution in [0.25, 0.3) is 0 Å². The predicted molar refractivity (Wildman–Crippen MR) is 81.2 cm³/mol. The number of carbonyl (C=O) groups is 1. The number of ether oxygens (including phenoxy) is 1. The second-order valence-electron chi connectivity index (χ2n) is 4.72. The average Bonchev–Trinajstić information content (AvgIpc) is 2.49. The lowest BCUT2D eigenvalue weighted by atomic mass is 10.1. The van der Waals surface area contributed by atoms with Gasteiger partial charge in [-0.2, -0.15) is 0 Å². The van der Waals surface area contributed by atoms with E-state index >= 15 is 0 Å². The smallest absolute Gasteiger partial charge is 0.338 e. The zero-order valence-corrected chi connectivity index (χ0v) is 12.5. The summed E-state index contributed by atoms with van der Waals surface area (Å²) in [6.07, 6.45) is 1.74.